The summed E-state index contributed by atoms with van der Waals surface area (Å²) in [5.41, 5.74) is 3.54. The van der Waals surface area contributed by atoms with Crippen molar-refractivity contribution < 1.29 is 4.79 Å². The number of hydrogen-bond donors (Lipinski definition) is 2. The van der Waals surface area contributed by atoms with Gasteiger partial charge in [0.15, 0.2) is 0 Å². The third-order valence-corrected chi connectivity index (χ3v) is 3.27. The van der Waals surface area contributed by atoms with Gasteiger partial charge in [-0.05, 0) is 20.3 Å². The summed E-state index contributed by atoms with van der Waals surface area (Å²) in [6.45, 7) is 10.1. The van der Waals surface area contributed by atoms with E-state index in [0.717, 1.165) is 25.2 Å². The van der Waals surface area contributed by atoms with Crippen LogP contribution in [-0.2, 0) is 17.9 Å². The van der Waals surface area contributed by atoms with Crippen molar-refractivity contribution in [1.82, 2.24) is 20.4 Å². The highest BCUT2D eigenvalue weighted by Gasteiger charge is 2.11. The SMILES string of the molecule is CNC(=O)CCCn1nc(C)c(CNC(C)C)c1C. The number of aromatic nitrogens is 2. The molecule has 0 radical (unpaired) electrons. The second-order valence-electron chi connectivity index (χ2n) is 5.18. The average Bonchev–Trinajstić information content (AvgIpc) is 2.62. The Morgan fingerprint density at radius 1 is 1.37 bits per heavy atom. The molecule has 0 bridgehead atoms. The van der Waals surface area contributed by atoms with Crippen LogP contribution in [0.25, 0.3) is 0 Å². The number of rotatable bonds is 7. The van der Waals surface area contributed by atoms with Crippen LogP contribution in [0, 0.1) is 13.8 Å². The van der Waals surface area contributed by atoms with Crippen LogP contribution in [0.2, 0.25) is 0 Å². The van der Waals surface area contributed by atoms with Crippen molar-refractivity contribution in [3.63, 3.8) is 0 Å². The number of hydrogen-bond acceptors (Lipinski definition) is 3. The van der Waals surface area contributed by atoms with Crippen molar-refractivity contribution in [1.29, 1.82) is 0 Å². The monoisotopic (exact) mass is 266 g/mol. The summed E-state index contributed by atoms with van der Waals surface area (Å²) in [6.07, 6.45) is 1.37. The highest BCUT2D eigenvalue weighted by atomic mass is 16.1. The molecule has 5 nitrogen and oxygen atoms in total. The quantitative estimate of drug-likeness (QED) is 0.787. The van der Waals surface area contributed by atoms with Crippen molar-refractivity contribution in [2.75, 3.05) is 7.05 Å². The van der Waals surface area contributed by atoms with Crippen LogP contribution in [0.4, 0.5) is 0 Å². The van der Waals surface area contributed by atoms with Gasteiger partial charge in [0.05, 0.1) is 5.69 Å². The van der Waals surface area contributed by atoms with Gasteiger partial charge < -0.3 is 10.6 Å². The molecule has 19 heavy (non-hydrogen) atoms. The molecule has 0 saturated heterocycles. The predicted octanol–water partition coefficient (Wildman–Crippen LogP) is 1.52. The van der Waals surface area contributed by atoms with Gasteiger partial charge in [-0.1, -0.05) is 13.8 Å². The van der Waals surface area contributed by atoms with Crippen LogP contribution >= 0.6 is 0 Å². The molecule has 1 amide bonds. The van der Waals surface area contributed by atoms with Gasteiger partial charge in [0.2, 0.25) is 5.91 Å². The van der Waals surface area contributed by atoms with E-state index in [4.69, 9.17) is 0 Å². The Bertz CT molecular complexity index is 423. The Morgan fingerprint density at radius 3 is 2.63 bits per heavy atom. The Morgan fingerprint density at radius 2 is 2.05 bits per heavy atom. The summed E-state index contributed by atoms with van der Waals surface area (Å²) in [6, 6.07) is 0.468. The molecule has 0 atom stereocenters. The van der Waals surface area contributed by atoms with Gasteiger partial charge >= 0.3 is 0 Å². The molecule has 1 heterocycles. The summed E-state index contributed by atoms with van der Waals surface area (Å²) >= 11 is 0. The van der Waals surface area contributed by atoms with Crippen molar-refractivity contribution in [3.05, 3.63) is 17.0 Å². The first-order chi connectivity index (χ1) is 8.95. The number of amides is 1. The van der Waals surface area contributed by atoms with E-state index in [1.807, 2.05) is 11.6 Å². The summed E-state index contributed by atoms with van der Waals surface area (Å²) in [7, 11) is 1.67. The fourth-order valence-corrected chi connectivity index (χ4v) is 2.03. The van der Waals surface area contributed by atoms with Gasteiger partial charge in [0.1, 0.15) is 0 Å². The van der Waals surface area contributed by atoms with E-state index in [-0.39, 0.29) is 5.91 Å². The van der Waals surface area contributed by atoms with Crippen LogP contribution in [0.1, 0.15) is 43.6 Å². The molecule has 0 aliphatic heterocycles. The molecule has 0 unspecified atom stereocenters. The molecule has 0 aliphatic rings. The number of carbonyl (C=O) groups excluding carboxylic acids is 1. The number of nitrogens with zero attached hydrogens (tertiary/aromatic N) is 2. The molecule has 0 spiro atoms. The molecule has 0 fully saturated rings. The molecule has 1 aromatic heterocycles. The first kappa shape index (κ1) is 15.7. The van der Waals surface area contributed by atoms with Gasteiger partial charge in [-0.2, -0.15) is 5.10 Å². The van der Waals surface area contributed by atoms with Gasteiger partial charge in [-0.15, -0.1) is 0 Å². The second-order valence-corrected chi connectivity index (χ2v) is 5.18. The van der Waals surface area contributed by atoms with E-state index in [9.17, 15) is 4.79 Å². The van der Waals surface area contributed by atoms with Crippen LogP contribution in [-0.4, -0.2) is 28.8 Å². The largest absolute Gasteiger partial charge is 0.359 e. The molecule has 1 rings (SSSR count). The van der Waals surface area contributed by atoms with Gasteiger partial charge in [-0.3, -0.25) is 9.48 Å². The van der Waals surface area contributed by atoms with Crippen LogP contribution in [0.5, 0.6) is 0 Å². The Hall–Kier alpha value is -1.36. The summed E-state index contributed by atoms with van der Waals surface area (Å²) in [5.74, 6) is 0.0863. The Balaban J connectivity index is 2.60. The van der Waals surface area contributed by atoms with Crippen LogP contribution in [0.3, 0.4) is 0 Å². The molecular formula is C14H26N4O. The van der Waals surface area contributed by atoms with Gasteiger partial charge in [-0.25, -0.2) is 0 Å². The molecule has 0 aliphatic carbocycles. The predicted molar refractivity (Wildman–Crippen MR) is 77.0 cm³/mol. The summed E-state index contributed by atoms with van der Waals surface area (Å²) < 4.78 is 2.01. The third-order valence-electron chi connectivity index (χ3n) is 3.27. The van der Waals surface area contributed by atoms with E-state index in [2.05, 4.69) is 36.5 Å². The number of nitrogens with one attached hydrogen (secondary N) is 2. The van der Waals surface area contributed by atoms with E-state index in [1.165, 1.54) is 11.3 Å². The standard InChI is InChI=1S/C14H26N4O/c1-10(2)16-9-13-11(3)17-18(12(13)4)8-6-7-14(19)15-5/h10,16H,6-9H2,1-5H3,(H,15,19). The molecule has 108 valence electrons. The normalized spacial score (nSPS) is 11.1. The summed E-state index contributed by atoms with van der Waals surface area (Å²) in [4.78, 5) is 11.2. The molecule has 0 aromatic carbocycles. The fraction of sp³-hybridized carbons (Fsp3) is 0.714. The highest BCUT2D eigenvalue weighted by molar-refractivity contribution is 5.75. The van der Waals surface area contributed by atoms with E-state index >= 15 is 0 Å². The lowest BCUT2D eigenvalue weighted by atomic mass is 10.2. The molecule has 0 saturated carbocycles. The highest BCUT2D eigenvalue weighted by Crippen LogP contribution is 2.13. The van der Waals surface area contributed by atoms with Crippen molar-refractivity contribution in [2.24, 2.45) is 0 Å². The zero-order chi connectivity index (χ0) is 14.4. The maximum atomic E-state index is 11.2. The maximum Gasteiger partial charge on any atom is 0.219 e. The van der Waals surface area contributed by atoms with Crippen molar-refractivity contribution in [2.45, 2.75) is 59.7 Å². The molecular weight excluding hydrogens is 240 g/mol. The fourth-order valence-electron chi connectivity index (χ4n) is 2.03. The Labute approximate surface area is 115 Å². The van der Waals surface area contributed by atoms with Crippen molar-refractivity contribution >= 4 is 5.91 Å². The van der Waals surface area contributed by atoms with Crippen LogP contribution in [0.15, 0.2) is 0 Å². The second kappa shape index (κ2) is 7.28. The molecule has 1 aromatic rings. The third kappa shape index (κ3) is 4.67. The zero-order valence-electron chi connectivity index (χ0n) is 12.7. The maximum absolute atomic E-state index is 11.2. The van der Waals surface area contributed by atoms with E-state index in [0.29, 0.717) is 12.5 Å². The average molecular weight is 266 g/mol. The molecule has 2 N–H and O–H groups in total. The minimum absolute atomic E-state index is 0.0863. The summed E-state index contributed by atoms with van der Waals surface area (Å²) in [5, 5.41) is 10.6. The topological polar surface area (TPSA) is 59.0 Å². The lowest BCUT2D eigenvalue weighted by Gasteiger charge is -2.09. The van der Waals surface area contributed by atoms with E-state index in [1.54, 1.807) is 7.05 Å². The zero-order valence-corrected chi connectivity index (χ0v) is 12.7. The first-order valence-electron chi connectivity index (χ1n) is 6.92. The lowest BCUT2D eigenvalue weighted by Crippen LogP contribution is -2.22. The number of aryl methyl sites for hydroxylation is 2. The molecule has 5 heteroatoms. The first-order valence-corrected chi connectivity index (χ1v) is 6.92. The van der Waals surface area contributed by atoms with E-state index < -0.39 is 0 Å². The minimum atomic E-state index is 0.0863. The van der Waals surface area contributed by atoms with Gasteiger partial charge in [0, 0.05) is 43.9 Å². The Kier molecular flexibility index (Phi) is 6.02. The van der Waals surface area contributed by atoms with Gasteiger partial charge in [0.25, 0.3) is 0 Å². The smallest absolute Gasteiger partial charge is 0.219 e. The number of carbonyl (C=O) groups is 1. The minimum Gasteiger partial charge on any atom is -0.359 e. The lowest BCUT2D eigenvalue weighted by molar-refractivity contribution is -0.120. The van der Waals surface area contributed by atoms with Crippen molar-refractivity contribution in [3.8, 4) is 0 Å². The van der Waals surface area contributed by atoms with Crippen LogP contribution < -0.4 is 10.6 Å².